The highest BCUT2D eigenvalue weighted by Gasteiger charge is 2.15. The number of rotatable bonds is 11. The largest absolute Gasteiger partial charge is 0.396 e. The highest BCUT2D eigenvalue weighted by atomic mass is 16.3. The lowest BCUT2D eigenvalue weighted by atomic mass is 10.1. The van der Waals surface area contributed by atoms with Crippen molar-refractivity contribution in [1.29, 1.82) is 5.41 Å². The van der Waals surface area contributed by atoms with Crippen molar-refractivity contribution in [1.82, 2.24) is 29.7 Å². The summed E-state index contributed by atoms with van der Waals surface area (Å²) in [6, 6.07) is 2.24. The second-order valence-electron chi connectivity index (χ2n) is 7.13. The van der Waals surface area contributed by atoms with E-state index in [1.807, 2.05) is 23.1 Å². The summed E-state index contributed by atoms with van der Waals surface area (Å²) in [7, 11) is 0. The summed E-state index contributed by atoms with van der Waals surface area (Å²) >= 11 is 0. The summed E-state index contributed by atoms with van der Waals surface area (Å²) < 4.78 is 3.72. The summed E-state index contributed by atoms with van der Waals surface area (Å²) in [5.41, 5.74) is 3.63. The second-order valence-corrected chi connectivity index (χ2v) is 7.13. The fraction of sp³-hybridized carbons (Fsp3) is 0.429. The molecule has 0 saturated heterocycles. The van der Waals surface area contributed by atoms with Crippen molar-refractivity contribution in [2.75, 3.05) is 13.2 Å². The van der Waals surface area contributed by atoms with Crippen molar-refractivity contribution < 1.29 is 10.2 Å². The average molecular weight is 412 g/mol. The van der Waals surface area contributed by atoms with E-state index in [4.69, 9.17) is 15.5 Å². The van der Waals surface area contributed by atoms with Crippen LogP contribution >= 0.6 is 0 Å². The quantitative estimate of drug-likeness (QED) is 0.359. The van der Waals surface area contributed by atoms with Crippen LogP contribution in [-0.4, -0.2) is 60.1 Å². The molecule has 0 amide bonds. The summed E-state index contributed by atoms with van der Waals surface area (Å²) in [5.74, 6) is 0. The number of aliphatic hydroxyl groups excluding tert-OH is 2. The molecule has 0 fully saturated rings. The molecule has 3 aromatic heterocycles. The maximum Gasteiger partial charge on any atom is 0.0999 e. The van der Waals surface area contributed by atoms with E-state index in [0.29, 0.717) is 23.7 Å². The zero-order valence-corrected chi connectivity index (χ0v) is 17.4. The van der Waals surface area contributed by atoms with Gasteiger partial charge in [-0.25, -0.2) is 9.50 Å². The minimum Gasteiger partial charge on any atom is -0.396 e. The zero-order valence-electron chi connectivity index (χ0n) is 17.4. The molecule has 160 valence electrons. The average Bonchev–Trinajstić information content (AvgIpc) is 3.41. The lowest BCUT2D eigenvalue weighted by Crippen LogP contribution is -2.24. The molecule has 0 aromatic carbocycles. The van der Waals surface area contributed by atoms with Crippen LogP contribution in [0.2, 0.25) is 0 Å². The van der Waals surface area contributed by atoms with Gasteiger partial charge in [0.15, 0.2) is 0 Å². The minimum atomic E-state index is -0.661. The van der Waals surface area contributed by atoms with Gasteiger partial charge in [-0.3, -0.25) is 4.68 Å². The standard InChI is InChI=1S/C21H29N7O2/c1-3-17(4-2)27-13-16(11-25-27)21-20-5-7-24-28(20)14-19(26-21)15(9-22)10-23-12-18(30)6-8-29/h5,7,9-11,13-14,17-18,22-23,29-30H,3-4,6,8,12H2,1-2H3/b15-10+,22-9?. The number of allylic oxidation sites excluding steroid dienone is 1. The lowest BCUT2D eigenvalue weighted by molar-refractivity contribution is 0.134. The summed E-state index contributed by atoms with van der Waals surface area (Å²) in [6.45, 7) is 4.50. The van der Waals surface area contributed by atoms with Crippen LogP contribution in [0.25, 0.3) is 22.3 Å². The molecule has 0 saturated carbocycles. The SMILES string of the molecule is CCC(CC)n1cc(-c2nc(/C(C=N)=C/NCC(O)CCO)cn3nccc23)cn1. The van der Waals surface area contributed by atoms with Crippen LogP contribution in [0.4, 0.5) is 0 Å². The first-order chi connectivity index (χ1) is 14.6. The highest BCUT2D eigenvalue weighted by molar-refractivity contribution is 6.07. The molecule has 0 bridgehead atoms. The van der Waals surface area contributed by atoms with Crippen LogP contribution in [0.15, 0.2) is 37.1 Å². The number of aromatic nitrogens is 5. The van der Waals surface area contributed by atoms with Crippen molar-refractivity contribution in [3.05, 3.63) is 42.7 Å². The Morgan fingerprint density at radius 1 is 1.27 bits per heavy atom. The van der Waals surface area contributed by atoms with Gasteiger partial charge in [-0.2, -0.15) is 10.2 Å². The van der Waals surface area contributed by atoms with Gasteiger partial charge in [0.25, 0.3) is 0 Å². The van der Waals surface area contributed by atoms with Gasteiger partial charge in [-0.15, -0.1) is 0 Å². The number of hydrogen-bond donors (Lipinski definition) is 4. The van der Waals surface area contributed by atoms with E-state index < -0.39 is 6.10 Å². The van der Waals surface area contributed by atoms with Crippen molar-refractivity contribution in [3.8, 4) is 11.3 Å². The van der Waals surface area contributed by atoms with Crippen molar-refractivity contribution in [2.24, 2.45) is 0 Å². The van der Waals surface area contributed by atoms with Crippen molar-refractivity contribution in [3.63, 3.8) is 0 Å². The molecule has 0 radical (unpaired) electrons. The van der Waals surface area contributed by atoms with Gasteiger partial charge in [0.05, 0.1) is 47.6 Å². The van der Waals surface area contributed by atoms with E-state index >= 15 is 0 Å². The van der Waals surface area contributed by atoms with Crippen LogP contribution in [-0.2, 0) is 0 Å². The number of hydrogen-bond acceptors (Lipinski definition) is 7. The van der Waals surface area contributed by atoms with E-state index in [1.165, 1.54) is 6.21 Å². The van der Waals surface area contributed by atoms with Gasteiger partial charge >= 0.3 is 0 Å². The Balaban J connectivity index is 1.95. The fourth-order valence-corrected chi connectivity index (χ4v) is 3.35. The Hall–Kier alpha value is -3.04. The zero-order chi connectivity index (χ0) is 21.5. The van der Waals surface area contributed by atoms with Crippen LogP contribution in [0.3, 0.4) is 0 Å². The van der Waals surface area contributed by atoms with Gasteiger partial charge in [0, 0.05) is 42.9 Å². The third-order valence-corrected chi connectivity index (χ3v) is 5.11. The van der Waals surface area contributed by atoms with Gasteiger partial charge in [-0.1, -0.05) is 13.8 Å². The lowest BCUT2D eigenvalue weighted by Gasteiger charge is -2.12. The molecule has 3 heterocycles. The molecule has 1 atom stereocenters. The van der Waals surface area contributed by atoms with Crippen LogP contribution < -0.4 is 5.32 Å². The first-order valence-electron chi connectivity index (χ1n) is 10.2. The van der Waals surface area contributed by atoms with Crippen molar-refractivity contribution >= 4 is 17.3 Å². The Morgan fingerprint density at radius 3 is 2.77 bits per heavy atom. The third-order valence-electron chi connectivity index (χ3n) is 5.11. The maximum atomic E-state index is 9.75. The third kappa shape index (κ3) is 4.74. The van der Waals surface area contributed by atoms with E-state index in [9.17, 15) is 5.11 Å². The first-order valence-corrected chi connectivity index (χ1v) is 10.2. The maximum absolute atomic E-state index is 9.75. The van der Waals surface area contributed by atoms with E-state index in [0.717, 1.165) is 29.6 Å². The molecule has 0 aliphatic rings. The molecular formula is C21H29N7O2. The molecule has 0 aliphatic carbocycles. The normalized spacial score (nSPS) is 13.2. The van der Waals surface area contributed by atoms with E-state index in [-0.39, 0.29) is 13.2 Å². The number of aliphatic hydroxyl groups is 2. The molecule has 9 heteroatoms. The van der Waals surface area contributed by atoms with E-state index in [2.05, 4.69) is 29.4 Å². The summed E-state index contributed by atoms with van der Waals surface area (Å²) in [4.78, 5) is 4.80. The molecule has 3 rings (SSSR count). The Kier molecular flexibility index (Phi) is 7.31. The van der Waals surface area contributed by atoms with Gasteiger partial charge in [0.1, 0.15) is 0 Å². The second kappa shape index (κ2) is 10.1. The molecule has 3 aromatic rings. The number of nitrogens with one attached hydrogen (secondary N) is 2. The minimum absolute atomic E-state index is 0.0739. The molecule has 0 spiro atoms. The summed E-state index contributed by atoms with van der Waals surface area (Å²) in [5, 5.41) is 38.3. The summed E-state index contributed by atoms with van der Waals surface area (Å²) in [6.07, 6.45) is 11.8. The topological polar surface area (TPSA) is 124 Å². The predicted molar refractivity (Wildman–Crippen MR) is 116 cm³/mol. The molecular weight excluding hydrogens is 382 g/mol. The molecule has 1 unspecified atom stereocenters. The molecule has 30 heavy (non-hydrogen) atoms. The first kappa shape index (κ1) is 21.7. The van der Waals surface area contributed by atoms with Crippen LogP contribution in [0.1, 0.15) is 44.8 Å². The fourth-order valence-electron chi connectivity index (χ4n) is 3.35. The Bertz CT molecular complexity index is 1000. The van der Waals surface area contributed by atoms with Crippen LogP contribution in [0.5, 0.6) is 0 Å². The molecule has 9 nitrogen and oxygen atoms in total. The highest BCUT2D eigenvalue weighted by Crippen LogP contribution is 2.26. The number of nitrogens with zero attached hydrogens (tertiary/aromatic N) is 5. The van der Waals surface area contributed by atoms with Gasteiger partial charge in [-0.05, 0) is 25.3 Å². The van der Waals surface area contributed by atoms with Gasteiger partial charge < -0.3 is 20.9 Å². The predicted octanol–water partition coefficient (Wildman–Crippen LogP) is 2.28. The molecule has 4 N–H and O–H groups in total. The number of fused-ring (bicyclic) bond motifs is 1. The van der Waals surface area contributed by atoms with Crippen LogP contribution in [0, 0.1) is 5.41 Å². The van der Waals surface area contributed by atoms with Gasteiger partial charge in [0.2, 0.25) is 0 Å². The van der Waals surface area contributed by atoms with E-state index in [1.54, 1.807) is 23.1 Å². The monoisotopic (exact) mass is 411 g/mol. The molecule has 0 aliphatic heterocycles. The van der Waals surface area contributed by atoms with Crippen molar-refractivity contribution in [2.45, 2.75) is 45.3 Å². The Labute approximate surface area is 175 Å². The smallest absolute Gasteiger partial charge is 0.0999 e. The Morgan fingerprint density at radius 2 is 2.07 bits per heavy atom.